The topological polar surface area (TPSA) is 68.0 Å². The second kappa shape index (κ2) is 5.53. The van der Waals surface area contributed by atoms with E-state index < -0.39 is 12.0 Å². The Bertz CT molecular complexity index is 468. The van der Waals surface area contributed by atoms with Crippen molar-refractivity contribution in [2.45, 2.75) is 44.6 Å². The van der Waals surface area contributed by atoms with Crippen molar-refractivity contribution in [1.29, 1.82) is 0 Å². The number of rotatable bonds is 3. The van der Waals surface area contributed by atoms with Gasteiger partial charge in [0.2, 0.25) is 0 Å². The van der Waals surface area contributed by atoms with E-state index in [9.17, 15) is 9.90 Å². The Morgan fingerprint density at radius 1 is 1.42 bits per heavy atom. The van der Waals surface area contributed by atoms with Crippen molar-refractivity contribution in [1.82, 2.24) is 14.8 Å². The molecule has 104 valence electrons. The highest BCUT2D eigenvalue weighted by molar-refractivity contribution is 7.99. The van der Waals surface area contributed by atoms with Crippen LogP contribution in [0.1, 0.15) is 43.4 Å². The van der Waals surface area contributed by atoms with Gasteiger partial charge in [0.25, 0.3) is 0 Å². The van der Waals surface area contributed by atoms with Crippen molar-refractivity contribution < 1.29 is 9.90 Å². The Morgan fingerprint density at radius 3 is 3.05 bits per heavy atom. The summed E-state index contributed by atoms with van der Waals surface area (Å²) in [6.45, 7) is 0. The third kappa shape index (κ3) is 2.78. The smallest absolute Gasteiger partial charge is 0.328 e. The standard InChI is InChI=1S/C13H19N3O2S/c17-13(18)10-4-1-5-12-14-11(15-16(10)12)7-9-3-2-6-19-8-9/h9-10H,1-8H2,(H,17,18). The Hall–Kier alpha value is -1.04. The molecule has 2 aliphatic heterocycles. The number of carbonyl (C=O) groups is 1. The lowest BCUT2D eigenvalue weighted by Gasteiger charge is -2.19. The first-order valence-electron chi connectivity index (χ1n) is 6.99. The highest BCUT2D eigenvalue weighted by Crippen LogP contribution is 2.27. The van der Waals surface area contributed by atoms with E-state index in [1.165, 1.54) is 24.3 Å². The van der Waals surface area contributed by atoms with Crippen LogP contribution in [0.15, 0.2) is 0 Å². The van der Waals surface area contributed by atoms with Gasteiger partial charge in [-0.05, 0) is 43.1 Å². The van der Waals surface area contributed by atoms with Crippen LogP contribution in [-0.2, 0) is 17.6 Å². The third-order valence-electron chi connectivity index (χ3n) is 3.93. The minimum atomic E-state index is -0.786. The summed E-state index contributed by atoms with van der Waals surface area (Å²) in [7, 11) is 0. The van der Waals surface area contributed by atoms with Crippen LogP contribution >= 0.6 is 11.8 Å². The quantitative estimate of drug-likeness (QED) is 0.917. The number of carboxylic acids is 1. The van der Waals surface area contributed by atoms with Crippen LogP contribution < -0.4 is 0 Å². The highest BCUT2D eigenvalue weighted by Gasteiger charge is 2.29. The predicted octanol–water partition coefficient (Wildman–Crippen LogP) is 1.93. The Labute approximate surface area is 116 Å². The molecule has 1 aromatic rings. The monoisotopic (exact) mass is 281 g/mol. The van der Waals surface area contributed by atoms with Crippen molar-refractivity contribution in [3.63, 3.8) is 0 Å². The van der Waals surface area contributed by atoms with Crippen LogP contribution in [-0.4, -0.2) is 37.3 Å². The molecule has 3 heterocycles. The molecule has 1 N–H and O–H groups in total. The average molecular weight is 281 g/mol. The zero-order chi connectivity index (χ0) is 13.2. The SMILES string of the molecule is O=C(O)C1CCCc2nc(CC3CCCSC3)nn21. The second-order valence-electron chi connectivity index (χ2n) is 5.42. The van der Waals surface area contributed by atoms with E-state index >= 15 is 0 Å². The molecule has 0 aromatic carbocycles. The number of fused-ring (bicyclic) bond motifs is 1. The fourth-order valence-corrected chi connectivity index (χ4v) is 4.10. The maximum absolute atomic E-state index is 11.2. The van der Waals surface area contributed by atoms with Gasteiger partial charge in [-0.2, -0.15) is 16.9 Å². The predicted molar refractivity (Wildman–Crippen MR) is 73.4 cm³/mol. The number of hydrogen-bond donors (Lipinski definition) is 1. The molecule has 2 aliphatic rings. The van der Waals surface area contributed by atoms with Gasteiger partial charge in [0.05, 0.1) is 0 Å². The largest absolute Gasteiger partial charge is 0.480 e. The molecule has 6 heteroatoms. The molecule has 19 heavy (non-hydrogen) atoms. The fourth-order valence-electron chi connectivity index (χ4n) is 2.94. The summed E-state index contributed by atoms with van der Waals surface area (Å²) in [5.74, 6) is 4.03. The van der Waals surface area contributed by atoms with Gasteiger partial charge in [0.1, 0.15) is 5.82 Å². The Morgan fingerprint density at radius 2 is 2.32 bits per heavy atom. The second-order valence-corrected chi connectivity index (χ2v) is 6.57. The number of aliphatic carboxylic acids is 1. The van der Waals surface area contributed by atoms with Crippen molar-refractivity contribution in [2.24, 2.45) is 5.92 Å². The van der Waals surface area contributed by atoms with E-state index in [1.54, 1.807) is 4.68 Å². The molecule has 0 bridgehead atoms. The van der Waals surface area contributed by atoms with Gasteiger partial charge in [-0.15, -0.1) is 0 Å². The molecule has 0 aliphatic carbocycles. The molecule has 3 rings (SSSR count). The number of carboxylic acid groups (broad SMARTS) is 1. The van der Waals surface area contributed by atoms with E-state index in [0.29, 0.717) is 12.3 Å². The number of aromatic nitrogens is 3. The lowest BCUT2D eigenvalue weighted by molar-refractivity contribution is -0.141. The molecule has 5 nitrogen and oxygen atoms in total. The molecule has 0 spiro atoms. The molecule has 0 radical (unpaired) electrons. The molecule has 1 saturated heterocycles. The Balaban J connectivity index is 1.75. The summed E-state index contributed by atoms with van der Waals surface area (Å²) in [5.41, 5.74) is 0. The maximum atomic E-state index is 11.2. The molecule has 1 aromatic heterocycles. The van der Waals surface area contributed by atoms with E-state index in [0.717, 1.165) is 30.9 Å². The first kappa shape index (κ1) is 13.0. The summed E-state index contributed by atoms with van der Waals surface area (Å²) >= 11 is 2.01. The van der Waals surface area contributed by atoms with Crippen molar-refractivity contribution in [3.05, 3.63) is 11.6 Å². The van der Waals surface area contributed by atoms with Crippen LogP contribution in [0.2, 0.25) is 0 Å². The number of thioether (sulfide) groups is 1. The van der Waals surface area contributed by atoms with E-state index in [1.807, 2.05) is 11.8 Å². The van der Waals surface area contributed by atoms with Crippen molar-refractivity contribution in [3.8, 4) is 0 Å². The van der Waals surface area contributed by atoms with Crippen LogP contribution in [0.3, 0.4) is 0 Å². The van der Waals surface area contributed by atoms with Gasteiger partial charge in [0, 0.05) is 12.8 Å². The van der Waals surface area contributed by atoms with Crippen LogP contribution in [0.5, 0.6) is 0 Å². The van der Waals surface area contributed by atoms with E-state index in [-0.39, 0.29) is 0 Å². The van der Waals surface area contributed by atoms with E-state index in [2.05, 4.69) is 10.1 Å². The van der Waals surface area contributed by atoms with Gasteiger partial charge in [-0.3, -0.25) is 0 Å². The maximum Gasteiger partial charge on any atom is 0.328 e. The molecular formula is C13H19N3O2S. The van der Waals surface area contributed by atoms with Crippen LogP contribution in [0, 0.1) is 5.92 Å². The summed E-state index contributed by atoms with van der Waals surface area (Å²) in [6, 6.07) is -0.509. The summed E-state index contributed by atoms with van der Waals surface area (Å²) in [6.07, 6.45) is 5.86. The molecule has 2 unspecified atom stereocenters. The number of hydrogen-bond acceptors (Lipinski definition) is 4. The molecule has 0 saturated carbocycles. The Kier molecular flexibility index (Phi) is 3.77. The van der Waals surface area contributed by atoms with Crippen LogP contribution in [0.4, 0.5) is 0 Å². The van der Waals surface area contributed by atoms with Crippen molar-refractivity contribution in [2.75, 3.05) is 11.5 Å². The van der Waals surface area contributed by atoms with Gasteiger partial charge in [-0.25, -0.2) is 14.5 Å². The summed E-state index contributed by atoms with van der Waals surface area (Å²) in [4.78, 5) is 15.8. The minimum Gasteiger partial charge on any atom is -0.480 e. The lowest BCUT2D eigenvalue weighted by Crippen LogP contribution is -2.26. The van der Waals surface area contributed by atoms with Gasteiger partial charge in [0.15, 0.2) is 11.9 Å². The normalized spacial score (nSPS) is 26.9. The number of nitrogens with zero attached hydrogens (tertiary/aromatic N) is 3. The molecule has 2 atom stereocenters. The highest BCUT2D eigenvalue weighted by atomic mass is 32.2. The van der Waals surface area contributed by atoms with Gasteiger partial charge >= 0.3 is 5.97 Å². The third-order valence-corrected chi connectivity index (χ3v) is 5.21. The molecule has 0 amide bonds. The first-order chi connectivity index (χ1) is 9.24. The first-order valence-corrected chi connectivity index (χ1v) is 8.14. The van der Waals surface area contributed by atoms with Gasteiger partial charge in [-0.1, -0.05) is 0 Å². The lowest BCUT2D eigenvalue weighted by atomic mass is 10.0. The number of aryl methyl sites for hydroxylation is 1. The average Bonchev–Trinajstić information content (AvgIpc) is 2.81. The molecular weight excluding hydrogens is 262 g/mol. The zero-order valence-electron chi connectivity index (χ0n) is 10.9. The molecule has 1 fully saturated rings. The summed E-state index contributed by atoms with van der Waals surface area (Å²) in [5, 5.41) is 13.7. The van der Waals surface area contributed by atoms with Crippen LogP contribution in [0.25, 0.3) is 0 Å². The van der Waals surface area contributed by atoms with Crippen molar-refractivity contribution >= 4 is 17.7 Å². The fraction of sp³-hybridized carbons (Fsp3) is 0.769. The minimum absolute atomic E-state index is 0.509. The van der Waals surface area contributed by atoms with E-state index in [4.69, 9.17) is 0 Å². The summed E-state index contributed by atoms with van der Waals surface area (Å²) < 4.78 is 1.65. The van der Waals surface area contributed by atoms with Gasteiger partial charge < -0.3 is 5.11 Å². The zero-order valence-corrected chi connectivity index (χ0v) is 11.7.